The van der Waals surface area contributed by atoms with Crippen LogP contribution in [0, 0.1) is 5.21 Å². The van der Waals surface area contributed by atoms with Gasteiger partial charge < -0.3 is 5.21 Å². The predicted molar refractivity (Wildman–Crippen MR) is 19.1 cm³/mol. The maximum Gasteiger partial charge on any atom is 0.111 e. The summed E-state index contributed by atoms with van der Waals surface area (Å²) >= 11 is 0. The van der Waals surface area contributed by atoms with Crippen LogP contribution >= 0.6 is 0 Å². The average Bonchev–Trinajstić information content (AvgIpc) is 1.61. The molecule has 6 heavy (non-hydrogen) atoms. The van der Waals surface area contributed by atoms with Crippen molar-refractivity contribution in [2.75, 3.05) is 13.2 Å². The SMILES string of the molecule is [O-]N=NCCF. The van der Waals surface area contributed by atoms with Gasteiger partial charge in [-0.3, -0.25) is 0 Å². The van der Waals surface area contributed by atoms with Crippen molar-refractivity contribution in [1.82, 2.24) is 0 Å². The maximum atomic E-state index is 10.9. The Morgan fingerprint density at radius 2 is 2.33 bits per heavy atom. The molecule has 0 bridgehead atoms. The second-order valence-corrected chi connectivity index (χ2v) is 0.636. The van der Waals surface area contributed by atoms with Gasteiger partial charge in [0.1, 0.15) is 6.67 Å². The third-order valence-electron chi connectivity index (χ3n) is 0.242. The molecule has 4 heteroatoms. The van der Waals surface area contributed by atoms with Crippen LogP contribution in [0.2, 0.25) is 0 Å². The van der Waals surface area contributed by atoms with E-state index >= 15 is 0 Å². The van der Waals surface area contributed by atoms with Crippen molar-refractivity contribution in [2.24, 2.45) is 10.4 Å². The highest BCUT2D eigenvalue weighted by Crippen LogP contribution is 1.71. The fraction of sp³-hybridized carbons (Fsp3) is 1.00. The molecule has 0 amide bonds. The van der Waals surface area contributed by atoms with Gasteiger partial charge in [0.2, 0.25) is 0 Å². The molecule has 0 saturated heterocycles. The van der Waals surface area contributed by atoms with Gasteiger partial charge in [0.05, 0.1) is 6.54 Å². The molecule has 0 aliphatic rings. The van der Waals surface area contributed by atoms with Gasteiger partial charge in [0.15, 0.2) is 0 Å². The van der Waals surface area contributed by atoms with E-state index in [4.69, 9.17) is 5.21 Å². The highest BCUT2D eigenvalue weighted by atomic mass is 19.1. The zero-order valence-corrected chi connectivity index (χ0v) is 3.09. The fourth-order valence-corrected chi connectivity index (χ4v) is 0.0786. The van der Waals surface area contributed by atoms with Crippen molar-refractivity contribution in [1.29, 1.82) is 0 Å². The summed E-state index contributed by atoms with van der Waals surface area (Å²) in [6.07, 6.45) is 0. The summed E-state index contributed by atoms with van der Waals surface area (Å²) in [4.78, 5) is 0. The average molecular weight is 91.1 g/mol. The van der Waals surface area contributed by atoms with Gasteiger partial charge in [-0.25, -0.2) is 9.67 Å². The van der Waals surface area contributed by atoms with Gasteiger partial charge >= 0.3 is 0 Å². The summed E-state index contributed by atoms with van der Waals surface area (Å²) in [6.45, 7) is -0.713. The van der Waals surface area contributed by atoms with E-state index in [1.165, 1.54) is 0 Å². The van der Waals surface area contributed by atoms with Crippen LogP contribution in [0.25, 0.3) is 0 Å². The Morgan fingerprint density at radius 3 is 2.50 bits per heavy atom. The lowest BCUT2D eigenvalue weighted by molar-refractivity contribution is 0.499. The minimum Gasteiger partial charge on any atom is -0.775 e. The molecule has 0 aromatic carbocycles. The first-order valence-electron chi connectivity index (χ1n) is 1.47. The first-order chi connectivity index (χ1) is 2.91. The molecule has 0 aromatic heterocycles. The summed E-state index contributed by atoms with van der Waals surface area (Å²) in [6, 6.07) is 0. The molecule has 0 spiro atoms. The fourth-order valence-electron chi connectivity index (χ4n) is 0.0786. The molecule has 0 rings (SSSR count). The monoisotopic (exact) mass is 91.0 g/mol. The molecule has 36 valence electrons. The lowest BCUT2D eigenvalue weighted by atomic mass is 10.8. The van der Waals surface area contributed by atoms with Crippen molar-refractivity contribution in [3.8, 4) is 0 Å². The Labute approximate surface area is 34.5 Å². The molecule has 0 aliphatic carbocycles. The molecular weight excluding hydrogens is 87.0 g/mol. The zero-order valence-electron chi connectivity index (χ0n) is 3.09. The van der Waals surface area contributed by atoms with Crippen LogP contribution in [0.15, 0.2) is 10.4 Å². The Balaban J connectivity index is 2.66. The van der Waals surface area contributed by atoms with Crippen LogP contribution < -0.4 is 0 Å². The van der Waals surface area contributed by atoms with Gasteiger partial charge in [-0.2, -0.15) is 5.11 Å². The molecule has 0 atom stereocenters. The Hall–Kier alpha value is -0.670. The highest BCUT2D eigenvalue weighted by molar-refractivity contribution is 4.32. The standard InChI is InChI=1S/C2H5FN2O/c3-1-2-4-5-6/h1-2H2,(H,4,6)/p-1. The van der Waals surface area contributed by atoms with E-state index in [1.54, 1.807) is 0 Å². The molecule has 0 radical (unpaired) electrons. The van der Waals surface area contributed by atoms with Gasteiger partial charge in [0.25, 0.3) is 0 Å². The van der Waals surface area contributed by atoms with E-state index < -0.39 is 6.67 Å². The molecule has 0 saturated carbocycles. The molecule has 0 fully saturated rings. The number of hydrogen-bond acceptors (Lipinski definition) is 3. The van der Waals surface area contributed by atoms with Crippen LogP contribution in [-0.2, 0) is 0 Å². The normalized spacial score (nSPS) is 10.2. The third-order valence-corrected chi connectivity index (χ3v) is 0.242. The zero-order chi connectivity index (χ0) is 4.83. The molecule has 3 nitrogen and oxygen atoms in total. The lowest BCUT2D eigenvalue weighted by Crippen LogP contribution is -1.75. The van der Waals surface area contributed by atoms with Crippen molar-refractivity contribution >= 4 is 0 Å². The van der Waals surface area contributed by atoms with Crippen molar-refractivity contribution in [3.05, 3.63) is 5.21 Å². The van der Waals surface area contributed by atoms with Crippen LogP contribution in [0.5, 0.6) is 0 Å². The Bertz CT molecular complexity index is 46.8. The molecule has 0 N–H and O–H groups in total. The van der Waals surface area contributed by atoms with Crippen molar-refractivity contribution in [2.45, 2.75) is 0 Å². The third kappa shape index (κ3) is 3.33. The second-order valence-electron chi connectivity index (χ2n) is 0.636. The van der Waals surface area contributed by atoms with Crippen LogP contribution in [-0.4, -0.2) is 13.2 Å². The first-order valence-corrected chi connectivity index (χ1v) is 1.47. The van der Waals surface area contributed by atoms with E-state index in [-0.39, 0.29) is 6.54 Å². The largest absolute Gasteiger partial charge is 0.775 e. The summed E-state index contributed by atoms with van der Waals surface area (Å²) in [7, 11) is 0. The van der Waals surface area contributed by atoms with E-state index in [2.05, 4.69) is 10.4 Å². The predicted octanol–water partition coefficient (Wildman–Crippen LogP) is 0.906. The molecular formula is C2H4FN2O-. The summed E-state index contributed by atoms with van der Waals surface area (Å²) in [5.74, 6) is 0. The maximum absolute atomic E-state index is 10.9. The summed E-state index contributed by atoms with van der Waals surface area (Å²) in [5.41, 5.74) is 0. The lowest BCUT2D eigenvalue weighted by Gasteiger charge is -1.83. The van der Waals surface area contributed by atoms with E-state index in [9.17, 15) is 4.39 Å². The minimum atomic E-state index is -0.605. The second kappa shape index (κ2) is 4.33. The topological polar surface area (TPSA) is 47.8 Å². The van der Waals surface area contributed by atoms with E-state index in [0.29, 0.717) is 0 Å². The Morgan fingerprint density at radius 1 is 1.67 bits per heavy atom. The van der Waals surface area contributed by atoms with Crippen molar-refractivity contribution < 1.29 is 4.39 Å². The van der Waals surface area contributed by atoms with Crippen LogP contribution in [0.4, 0.5) is 4.39 Å². The highest BCUT2D eigenvalue weighted by Gasteiger charge is 1.69. The van der Waals surface area contributed by atoms with Gasteiger partial charge in [0, 0.05) is 0 Å². The first kappa shape index (κ1) is 5.33. The van der Waals surface area contributed by atoms with E-state index in [0.717, 1.165) is 0 Å². The number of hydrogen-bond donors (Lipinski definition) is 0. The molecule has 0 heterocycles. The molecule has 0 aliphatic heterocycles. The van der Waals surface area contributed by atoms with Crippen LogP contribution in [0.1, 0.15) is 0 Å². The number of halogens is 1. The minimum absolute atomic E-state index is 0.108. The molecule has 0 aromatic rings. The smallest absolute Gasteiger partial charge is 0.111 e. The summed E-state index contributed by atoms with van der Waals surface area (Å²) in [5, 5.41) is 13.8. The quantitative estimate of drug-likeness (QED) is 0.368. The number of alkyl halides is 1. The number of nitrogens with zero attached hydrogens (tertiary/aromatic N) is 2. The van der Waals surface area contributed by atoms with Crippen molar-refractivity contribution in [3.63, 3.8) is 0 Å². The summed E-state index contributed by atoms with van der Waals surface area (Å²) < 4.78 is 10.9. The van der Waals surface area contributed by atoms with Gasteiger partial charge in [-0.1, -0.05) is 0 Å². The van der Waals surface area contributed by atoms with Gasteiger partial charge in [-0.05, 0) is 0 Å². The van der Waals surface area contributed by atoms with E-state index in [1.807, 2.05) is 0 Å². The number of rotatable bonds is 2. The Kier molecular flexibility index (Phi) is 3.85. The van der Waals surface area contributed by atoms with Crippen LogP contribution in [0.3, 0.4) is 0 Å². The molecule has 0 unspecified atom stereocenters. The van der Waals surface area contributed by atoms with Gasteiger partial charge in [-0.15, -0.1) is 0 Å².